The first kappa shape index (κ1) is 14.4. The van der Waals surface area contributed by atoms with E-state index < -0.39 is 11.9 Å². The highest BCUT2D eigenvalue weighted by Gasteiger charge is 2.11. The summed E-state index contributed by atoms with van der Waals surface area (Å²) in [6, 6.07) is 11.1. The number of amides is 1. The second kappa shape index (κ2) is 5.96. The third-order valence-corrected chi connectivity index (χ3v) is 2.90. The first-order chi connectivity index (χ1) is 9.97. The van der Waals surface area contributed by atoms with E-state index in [0.29, 0.717) is 11.3 Å². The molecule has 0 aliphatic rings. The highest BCUT2D eigenvalue weighted by atomic mass is 16.5. The van der Waals surface area contributed by atoms with Crippen molar-refractivity contribution < 1.29 is 14.3 Å². The molecule has 6 heteroatoms. The van der Waals surface area contributed by atoms with E-state index in [1.54, 1.807) is 30.3 Å². The van der Waals surface area contributed by atoms with Crippen LogP contribution in [0.2, 0.25) is 0 Å². The van der Waals surface area contributed by atoms with Crippen LogP contribution in [0.3, 0.4) is 0 Å². The Bertz CT molecular complexity index is 681. The highest BCUT2D eigenvalue weighted by molar-refractivity contribution is 5.95. The third-order valence-electron chi connectivity index (χ3n) is 2.90. The fourth-order valence-corrected chi connectivity index (χ4v) is 1.76. The summed E-state index contributed by atoms with van der Waals surface area (Å²) in [6.45, 7) is 0.0711. The van der Waals surface area contributed by atoms with E-state index in [1.165, 1.54) is 12.1 Å². The van der Waals surface area contributed by atoms with Crippen LogP contribution in [0.4, 0.5) is 11.4 Å². The molecule has 0 fully saturated rings. The Morgan fingerprint density at radius 3 is 2.24 bits per heavy atom. The minimum absolute atomic E-state index is 0.0711. The van der Waals surface area contributed by atoms with Crippen molar-refractivity contribution in [1.29, 1.82) is 0 Å². The number of carbonyl (C=O) groups excluding carboxylic acids is 2. The Hall–Kier alpha value is -3.02. The molecule has 0 aliphatic heterocycles. The number of rotatable bonds is 4. The van der Waals surface area contributed by atoms with Gasteiger partial charge in [0.25, 0.3) is 0 Å². The van der Waals surface area contributed by atoms with Gasteiger partial charge in [-0.05, 0) is 35.9 Å². The predicted octanol–water partition coefficient (Wildman–Crippen LogP) is 1.31. The van der Waals surface area contributed by atoms with E-state index in [2.05, 4.69) is 0 Å². The first-order valence-corrected chi connectivity index (χ1v) is 6.18. The van der Waals surface area contributed by atoms with E-state index in [-0.39, 0.29) is 17.9 Å². The van der Waals surface area contributed by atoms with Crippen molar-refractivity contribution in [3.05, 3.63) is 59.2 Å². The van der Waals surface area contributed by atoms with Crippen molar-refractivity contribution in [2.24, 2.45) is 5.73 Å². The highest BCUT2D eigenvalue weighted by Crippen LogP contribution is 2.17. The van der Waals surface area contributed by atoms with Crippen molar-refractivity contribution in [2.75, 3.05) is 11.5 Å². The molecule has 0 unspecified atom stereocenters. The fourth-order valence-electron chi connectivity index (χ4n) is 1.76. The van der Waals surface area contributed by atoms with Crippen molar-refractivity contribution in [2.45, 2.75) is 6.61 Å². The molecular formula is C15H15N3O3. The summed E-state index contributed by atoms with van der Waals surface area (Å²) in [5.74, 6) is -1.04. The maximum atomic E-state index is 11.9. The standard InChI is InChI=1S/C15H15N3O3/c16-11-5-6-12(13(17)7-11)15(20)21-8-9-1-3-10(4-2-9)14(18)19/h1-7H,8,16-17H2,(H2,18,19). The number of benzene rings is 2. The molecule has 0 aromatic heterocycles. The zero-order chi connectivity index (χ0) is 15.4. The second-order valence-corrected chi connectivity index (χ2v) is 4.48. The average molecular weight is 285 g/mol. The Labute approximate surface area is 121 Å². The number of nitrogens with two attached hydrogens (primary N) is 3. The Morgan fingerprint density at radius 1 is 1.00 bits per heavy atom. The van der Waals surface area contributed by atoms with Crippen LogP contribution in [-0.4, -0.2) is 11.9 Å². The van der Waals surface area contributed by atoms with Crippen molar-refractivity contribution in [1.82, 2.24) is 0 Å². The molecule has 0 radical (unpaired) electrons. The van der Waals surface area contributed by atoms with Gasteiger partial charge in [0, 0.05) is 16.9 Å². The fraction of sp³-hybridized carbons (Fsp3) is 0.0667. The van der Waals surface area contributed by atoms with Crippen LogP contribution < -0.4 is 17.2 Å². The number of ether oxygens (including phenoxy) is 1. The van der Waals surface area contributed by atoms with Gasteiger partial charge in [0.2, 0.25) is 5.91 Å². The maximum Gasteiger partial charge on any atom is 0.340 e. The molecule has 2 rings (SSSR count). The zero-order valence-corrected chi connectivity index (χ0v) is 11.2. The number of hydrogen-bond donors (Lipinski definition) is 3. The molecule has 6 nitrogen and oxygen atoms in total. The lowest BCUT2D eigenvalue weighted by Crippen LogP contribution is -2.11. The molecule has 0 spiro atoms. The number of nitrogen functional groups attached to an aromatic ring is 2. The molecule has 108 valence electrons. The summed E-state index contributed by atoms with van der Waals surface area (Å²) in [4.78, 5) is 22.8. The average Bonchev–Trinajstić information content (AvgIpc) is 2.45. The van der Waals surface area contributed by atoms with E-state index in [0.717, 1.165) is 5.56 Å². The smallest absolute Gasteiger partial charge is 0.340 e. The number of carbonyl (C=O) groups is 2. The largest absolute Gasteiger partial charge is 0.457 e. The number of primary amides is 1. The molecule has 2 aromatic carbocycles. The van der Waals surface area contributed by atoms with Crippen LogP contribution in [0.5, 0.6) is 0 Å². The summed E-state index contributed by atoms with van der Waals surface area (Å²) < 4.78 is 5.16. The van der Waals surface area contributed by atoms with Gasteiger partial charge in [0.15, 0.2) is 0 Å². The summed E-state index contributed by atoms with van der Waals surface area (Å²) in [6.07, 6.45) is 0. The molecule has 0 saturated carbocycles. The molecule has 0 atom stereocenters. The molecule has 1 amide bonds. The lowest BCUT2D eigenvalue weighted by atomic mass is 10.1. The van der Waals surface area contributed by atoms with Gasteiger partial charge in [-0.1, -0.05) is 12.1 Å². The van der Waals surface area contributed by atoms with Gasteiger partial charge in [0.1, 0.15) is 6.61 Å². The normalized spacial score (nSPS) is 10.1. The van der Waals surface area contributed by atoms with Gasteiger partial charge in [-0.2, -0.15) is 0 Å². The van der Waals surface area contributed by atoms with Crippen molar-refractivity contribution >= 4 is 23.3 Å². The summed E-state index contributed by atoms with van der Waals surface area (Å²) in [5.41, 5.74) is 18.6. The van der Waals surface area contributed by atoms with Gasteiger partial charge in [0.05, 0.1) is 5.56 Å². The Balaban J connectivity index is 2.02. The van der Waals surface area contributed by atoms with Gasteiger partial charge >= 0.3 is 5.97 Å². The summed E-state index contributed by atoms with van der Waals surface area (Å²) >= 11 is 0. The molecule has 2 aromatic rings. The quantitative estimate of drug-likeness (QED) is 0.577. The number of esters is 1. The van der Waals surface area contributed by atoms with Crippen LogP contribution in [-0.2, 0) is 11.3 Å². The minimum atomic E-state index is -0.536. The van der Waals surface area contributed by atoms with E-state index in [1.807, 2.05) is 0 Å². The lowest BCUT2D eigenvalue weighted by molar-refractivity contribution is 0.0474. The Kier molecular flexibility index (Phi) is 4.08. The SMILES string of the molecule is NC(=O)c1ccc(COC(=O)c2ccc(N)cc2N)cc1. The van der Waals surface area contributed by atoms with Crippen molar-refractivity contribution in [3.63, 3.8) is 0 Å². The van der Waals surface area contributed by atoms with Crippen LogP contribution in [0.1, 0.15) is 26.3 Å². The first-order valence-electron chi connectivity index (χ1n) is 6.18. The van der Waals surface area contributed by atoms with Crippen LogP contribution >= 0.6 is 0 Å². The molecule has 21 heavy (non-hydrogen) atoms. The monoisotopic (exact) mass is 285 g/mol. The van der Waals surface area contributed by atoms with Crippen LogP contribution in [0.15, 0.2) is 42.5 Å². The molecule has 0 heterocycles. The third kappa shape index (κ3) is 3.50. The van der Waals surface area contributed by atoms with Gasteiger partial charge < -0.3 is 21.9 Å². The maximum absolute atomic E-state index is 11.9. The minimum Gasteiger partial charge on any atom is -0.457 e. The summed E-state index contributed by atoms with van der Waals surface area (Å²) in [7, 11) is 0. The van der Waals surface area contributed by atoms with E-state index >= 15 is 0 Å². The van der Waals surface area contributed by atoms with E-state index in [4.69, 9.17) is 21.9 Å². The summed E-state index contributed by atoms with van der Waals surface area (Å²) in [5, 5.41) is 0. The van der Waals surface area contributed by atoms with Crippen LogP contribution in [0.25, 0.3) is 0 Å². The number of anilines is 2. The molecule has 6 N–H and O–H groups in total. The Morgan fingerprint density at radius 2 is 1.67 bits per heavy atom. The molecular weight excluding hydrogens is 270 g/mol. The molecule has 0 aliphatic carbocycles. The van der Waals surface area contributed by atoms with Crippen molar-refractivity contribution in [3.8, 4) is 0 Å². The molecule has 0 bridgehead atoms. The molecule has 0 saturated heterocycles. The van der Waals surface area contributed by atoms with E-state index in [9.17, 15) is 9.59 Å². The lowest BCUT2D eigenvalue weighted by Gasteiger charge is -2.08. The van der Waals surface area contributed by atoms with Gasteiger partial charge in [-0.15, -0.1) is 0 Å². The van der Waals surface area contributed by atoms with Crippen LogP contribution in [0, 0.1) is 0 Å². The van der Waals surface area contributed by atoms with Gasteiger partial charge in [-0.3, -0.25) is 4.79 Å². The topological polar surface area (TPSA) is 121 Å². The zero-order valence-electron chi connectivity index (χ0n) is 11.2. The number of hydrogen-bond acceptors (Lipinski definition) is 5. The van der Waals surface area contributed by atoms with Gasteiger partial charge in [-0.25, -0.2) is 4.79 Å². The second-order valence-electron chi connectivity index (χ2n) is 4.48. The predicted molar refractivity (Wildman–Crippen MR) is 79.3 cm³/mol.